The normalized spacial score (nSPS) is 49.2. The number of hydrogen-bond acceptors (Lipinski definition) is 5. The highest BCUT2D eigenvalue weighted by molar-refractivity contribution is 5.09. The molecule has 15 heavy (non-hydrogen) atoms. The van der Waals surface area contributed by atoms with Crippen LogP contribution in [-0.2, 0) is 14.2 Å². The Balaban J connectivity index is 2.17. The van der Waals surface area contributed by atoms with Gasteiger partial charge in [0, 0.05) is 13.0 Å². The summed E-state index contributed by atoms with van der Waals surface area (Å²) in [5.74, 6) is -0.505. The fraction of sp³-hybridized carbons (Fsp3) is 1.00. The standard InChI is InChI=1S/C10H18O5/c1-5(2)10-9(15-10)8(13-3)7(12)6(4-11)14-10/h5-9,11-12H,4H2,1-3H3/t6?,7-,8?,9?,10-/m1/s1. The molecular formula is C10H18O5. The van der Waals surface area contributed by atoms with E-state index in [9.17, 15) is 5.11 Å². The quantitative estimate of drug-likeness (QED) is 0.625. The average Bonchev–Trinajstić information content (AvgIpc) is 2.92. The molecule has 0 radical (unpaired) electrons. The SMILES string of the molecule is COC1C2O[C@@]2(C(C)C)OC(CO)[C@H]1O. The van der Waals surface area contributed by atoms with E-state index in [1.54, 1.807) is 0 Å². The Bertz CT molecular complexity index is 244. The third-order valence-corrected chi connectivity index (χ3v) is 3.26. The van der Waals surface area contributed by atoms with Crippen LogP contribution in [0.15, 0.2) is 0 Å². The Morgan fingerprint density at radius 1 is 1.40 bits per heavy atom. The molecule has 0 bridgehead atoms. The number of epoxide rings is 1. The van der Waals surface area contributed by atoms with Crippen LogP contribution in [-0.4, -0.2) is 54.1 Å². The first-order chi connectivity index (χ1) is 7.06. The van der Waals surface area contributed by atoms with Gasteiger partial charge < -0.3 is 24.4 Å². The van der Waals surface area contributed by atoms with Gasteiger partial charge in [0.1, 0.15) is 24.4 Å². The predicted molar refractivity (Wildman–Crippen MR) is 51.2 cm³/mol. The zero-order valence-corrected chi connectivity index (χ0v) is 9.21. The molecule has 0 amide bonds. The van der Waals surface area contributed by atoms with Gasteiger partial charge in [-0.25, -0.2) is 0 Å². The van der Waals surface area contributed by atoms with Crippen molar-refractivity contribution in [3.05, 3.63) is 0 Å². The molecule has 88 valence electrons. The highest BCUT2D eigenvalue weighted by Crippen LogP contribution is 2.51. The molecule has 5 heteroatoms. The predicted octanol–water partition coefficient (Wildman–Crippen LogP) is -0.496. The van der Waals surface area contributed by atoms with E-state index < -0.39 is 24.1 Å². The molecule has 5 nitrogen and oxygen atoms in total. The number of aliphatic hydroxyl groups excluding tert-OH is 2. The van der Waals surface area contributed by atoms with Crippen molar-refractivity contribution in [3.63, 3.8) is 0 Å². The van der Waals surface area contributed by atoms with Crippen molar-refractivity contribution in [2.45, 2.75) is 44.1 Å². The molecule has 2 heterocycles. The highest BCUT2D eigenvalue weighted by Gasteiger charge is 2.69. The molecule has 2 rings (SSSR count). The van der Waals surface area contributed by atoms with Gasteiger partial charge >= 0.3 is 0 Å². The minimum absolute atomic E-state index is 0.168. The van der Waals surface area contributed by atoms with Crippen molar-refractivity contribution in [2.24, 2.45) is 5.92 Å². The zero-order valence-electron chi connectivity index (χ0n) is 9.21. The Kier molecular flexibility index (Phi) is 2.77. The van der Waals surface area contributed by atoms with E-state index in [4.69, 9.17) is 19.3 Å². The van der Waals surface area contributed by atoms with Gasteiger partial charge in [0.2, 0.25) is 5.79 Å². The topological polar surface area (TPSA) is 71.5 Å². The van der Waals surface area contributed by atoms with Gasteiger partial charge in [-0.1, -0.05) is 13.8 Å². The third kappa shape index (κ3) is 1.50. The van der Waals surface area contributed by atoms with Crippen molar-refractivity contribution < 1.29 is 24.4 Å². The number of rotatable bonds is 3. The molecule has 0 aromatic carbocycles. The Labute approximate surface area is 88.9 Å². The largest absolute Gasteiger partial charge is 0.394 e. The molecule has 0 spiro atoms. The van der Waals surface area contributed by atoms with Crippen LogP contribution in [0.4, 0.5) is 0 Å². The van der Waals surface area contributed by atoms with Crippen LogP contribution >= 0.6 is 0 Å². The van der Waals surface area contributed by atoms with Gasteiger partial charge in [0.15, 0.2) is 0 Å². The van der Waals surface area contributed by atoms with Crippen molar-refractivity contribution in [1.82, 2.24) is 0 Å². The summed E-state index contributed by atoms with van der Waals surface area (Å²) in [6.07, 6.45) is -2.10. The molecule has 2 aliphatic rings. The first-order valence-corrected chi connectivity index (χ1v) is 5.24. The molecule has 3 unspecified atom stereocenters. The number of hydrogen-bond donors (Lipinski definition) is 2. The summed E-state index contributed by atoms with van der Waals surface area (Å²) < 4.78 is 16.3. The molecule has 2 saturated heterocycles. The number of fused-ring (bicyclic) bond motifs is 1. The lowest BCUT2D eigenvalue weighted by molar-refractivity contribution is -0.201. The van der Waals surface area contributed by atoms with E-state index >= 15 is 0 Å². The molecule has 5 atom stereocenters. The molecule has 0 aromatic rings. The maximum Gasteiger partial charge on any atom is 0.201 e. The maximum absolute atomic E-state index is 9.83. The molecular weight excluding hydrogens is 200 g/mol. The molecule has 2 N–H and O–H groups in total. The van der Waals surface area contributed by atoms with E-state index in [0.717, 1.165) is 0 Å². The van der Waals surface area contributed by atoms with Crippen molar-refractivity contribution >= 4 is 0 Å². The second-order valence-electron chi connectivity index (χ2n) is 4.44. The smallest absolute Gasteiger partial charge is 0.201 e. The minimum Gasteiger partial charge on any atom is -0.394 e. The lowest BCUT2D eigenvalue weighted by Gasteiger charge is -2.35. The maximum atomic E-state index is 9.83. The molecule has 0 aromatic heterocycles. The van der Waals surface area contributed by atoms with Gasteiger partial charge in [0.25, 0.3) is 0 Å². The van der Waals surface area contributed by atoms with E-state index in [2.05, 4.69) is 0 Å². The van der Waals surface area contributed by atoms with Crippen molar-refractivity contribution in [3.8, 4) is 0 Å². The van der Waals surface area contributed by atoms with E-state index in [1.807, 2.05) is 13.8 Å². The van der Waals surface area contributed by atoms with Gasteiger partial charge in [-0.15, -0.1) is 0 Å². The Morgan fingerprint density at radius 3 is 2.53 bits per heavy atom. The fourth-order valence-electron chi connectivity index (χ4n) is 2.26. The second-order valence-corrected chi connectivity index (χ2v) is 4.44. The van der Waals surface area contributed by atoms with Crippen LogP contribution in [0.1, 0.15) is 13.8 Å². The summed E-state index contributed by atoms with van der Waals surface area (Å²) in [7, 11) is 1.53. The number of ether oxygens (including phenoxy) is 3. The second kappa shape index (κ2) is 3.68. The van der Waals surface area contributed by atoms with Crippen LogP contribution in [0.5, 0.6) is 0 Å². The van der Waals surface area contributed by atoms with E-state index in [1.165, 1.54) is 7.11 Å². The van der Waals surface area contributed by atoms with Crippen LogP contribution in [0.25, 0.3) is 0 Å². The van der Waals surface area contributed by atoms with Gasteiger partial charge in [-0.3, -0.25) is 0 Å². The van der Waals surface area contributed by atoms with Crippen LogP contribution < -0.4 is 0 Å². The molecule has 0 saturated carbocycles. The summed E-state index contributed by atoms with van der Waals surface area (Å²) in [5.41, 5.74) is 0. The van der Waals surface area contributed by atoms with Gasteiger partial charge in [-0.05, 0) is 0 Å². The first-order valence-electron chi connectivity index (χ1n) is 5.24. The Hall–Kier alpha value is -0.200. The summed E-state index contributed by atoms with van der Waals surface area (Å²) in [6, 6.07) is 0. The van der Waals surface area contributed by atoms with E-state index in [0.29, 0.717) is 0 Å². The van der Waals surface area contributed by atoms with Gasteiger partial charge in [0.05, 0.1) is 6.61 Å². The summed E-state index contributed by atoms with van der Waals surface area (Å²) in [5, 5.41) is 18.9. The fourth-order valence-corrected chi connectivity index (χ4v) is 2.26. The van der Waals surface area contributed by atoms with Crippen LogP contribution in [0.3, 0.4) is 0 Å². The lowest BCUT2D eigenvalue weighted by Crippen LogP contribution is -2.54. The average molecular weight is 218 g/mol. The summed E-state index contributed by atoms with van der Waals surface area (Å²) in [6.45, 7) is 3.74. The zero-order chi connectivity index (χ0) is 11.2. The monoisotopic (exact) mass is 218 g/mol. The first kappa shape index (κ1) is 11.3. The minimum atomic E-state index is -0.834. The van der Waals surface area contributed by atoms with Gasteiger partial charge in [-0.2, -0.15) is 0 Å². The van der Waals surface area contributed by atoms with Crippen LogP contribution in [0, 0.1) is 5.92 Å². The number of aliphatic hydroxyl groups is 2. The molecule has 2 aliphatic heterocycles. The third-order valence-electron chi connectivity index (χ3n) is 3.26. The summed E-state index contributed by atoms with van der Waals surface area (Å²) in [4.78, 5) is 0. The highest BCUT2D eigenvalue weighted by atomic mass is 16.8. The lowest BCUT2D eigenvalue weighted by atomic mass is 9.92. The Morgan fingerprint density at radius 2 is 2.07 bits per heavy atom. The molecule has 2 fully saturated rings. The van der Waals surface area contributed by atoms with Crippen molar-refractivity contribution in [2.75, 3.05) is 13.7 Å². The molecule has 0 aliphatic carbocycles. The number of methoxy groups -OCH3 is 1. The van der Waals surface area contributed by atoms with Crippen molar-refractivity contribution in [1.29, 1.82) is 0 Å². The van der Waals surface area contributed by atoms with Crippen LogP contribution in [0.2, 0.25) is 0 Å². The summed E-state index contributed by atoms with van der Waals surface area (Å²) >= 11 is 0. The van der Waals surface area contributed by atoms with E-state index in [-0.39, 0.29) is 18.6 Å².